The molecule has 5 nitrogen and oxygen atoms in total. The van der Waals surface area contributed by atoms with Gasteiger partial charge >= 0.3 is 0 Å². The Morgan fingerprint density at radius 1 is 1.29 bits per heavy atom. The first-order valence-corrected chi connectivity index (χ1v) is 6.49. The molecule has 0 aromatic heterocycles. The number of oxime groups is 1. The van der Waals surface area contributed by atoms with E-state index >= 15 is 0 Å². The van der Waals surface area contributed by atoms with Crippen molar-refractivity contribution in [3.63, 3.8) is 0 Å². The van der Waals surface area contributed by atoms with E-state index < -0.39 is 0 Å². The van der Waals surface area contributed by atoms with Gasteiger partial charge in [-0.15, -0.1) is 0 Å². The van der Waals surface area contributed by atoms with E-state index in [1.165, 1.54) is 19.3 Å². The minimum atomic E-state index is -0.193. The molecule has 96 valence electrons. The van der Waals surface area contributed by atoms with Crippen LogP contribution in [0.2, 0.25) is 0 Å². The van der Waals surface area contributed by atoms with Crippen molar-refractivity contribution in [3.8, 4) is 0 Å². The van der Waals surface area contributed by atoms with Gasteiger partial charge in [0, 0.05) is 13.0 Å². The number of nitrogens with two attached hydrogens (primary N) is 1. The lowest BCUT2D eigenvalue weighted by Gasteiger charge is -2.36. The fourth-order valence-corrected chi connectivity index (χ4v) is 2.67. The number of likely N-dealkylation sites (tertiary alicyclic amines) is 1. The van der Waals surface area contributed by atoms with Gasteiger partial charge in [0.25, 0.3) is 0 Å². The van der Waals surface area contributed by atoms with E-state index in [0.29, 0.717) is 12.3 Å². The van der Waals surface area contributed by atoms with E-state index in [9.17, 15) is 4.79 Å². The van der Waals surface area contributed by atoms with Crippen LogP contribution in [0, 0.1) is 5.92 Å². The fraction of sp³-hybridized carbons (Fsp3) is 0.833. The Kier molecular flexibility index (Phi) is 3.86. The van der Waals surface area contributed by atoms with Crippen LogP contribution in [0.1, 0.15) is 44.9 Å². The molecule has 1 saturated heterocycles. The molecule has 0 bridgehead atoms. The lowest BCUT2D eigenvalue weighted by molar-refractivity contribution is -0.135. The number of amidine groups is 1. The van der Waals surface area contributed by atoms with Crippen LogP contribution in [0.15, 0.2) is 5.16 Å². The third-order valence-corrected chi connectivity index (χ3v) is 3.97. The average molecular weight is 239 g/mol. The molecule has 1 saturated carbocycles. The zero-order chi connectivity index (χ0) is 12.3. The molecule has 2 aliphatic rings. The van der Waals surface area contributed by atoms with Crippen LogP contribution in [-0.4, -0.2) is 34.4 Å². The van der Waals surface area contributed by atoms with Gasteiger partial charge in [-0.2, -0.15) is 0 Å². The van der Waals surface area contributed by atoms with Gasteiger partial charge in [-0.05, 0) is 38.0 Å². The maximum atomic E-state index is 12.2. The molecule has 5 heteroatoms. The molecular formula is C12H21N3O2. The molecule has 0 aromatic rings. The van der Waals surface area contributed by atoms with E-state index in [1.807, 2.05) is 0 Å². The van der Waals surface area contributed by atoms with E-state index in [-0.39, 0.29) is 17.8 Å². The van der Waals surface area contributed by atoms with Crippen molar-refractivity contribution in [1.82, 2.24) is 4.90 Å². The van der Waals surface area contributed by atoms with Crippen LogP contribution in [-0.2, 0) is 4.79 Å². The monoisotopic (exact) mass is 239 g/mol. The van der Waals surface area contributed by atoms with Crippen LogP contribution in [0.4, 0.5) is 0 Å². The number of amides is 1. The summed E-state index contributed by atoms with van der Waals surface area (Å²) in [6, 6.07) is -0.193. The smallest absolute Gasteiger partial charge is 0.223 e. The lowest BCUT2D eigenvalue weighted by Crippen LogP contribution is -2.51. The Balaban J connectivity index is 1.97. The Hall–Kier alpha value is -1.26. The summed E-state index contributed by atoms with van der Waals surface area (Å²) in [6.45, 7) is 0.742. The number of hydrogen-bond acceptors (Lipinski definition) is 3. The first-order chi connectivity index (χ1) is 8.22. The number of piperidine rings is 1. The second-order valence-electron chi connectivity index (χ2n) is 5.12. The van der Waals surface area contributed by atoms with Crippen LogP contribution in [0.25, 0.3) is 0 Å². The molecule has 0 aromatic carbocycles. The molecule has 1 amide bonds. The van der Waals surface area contributed by atoms with Gasteiger partial charge < -0.3 is 15.8 Å². The first kappa shape index (κ1) is 12.2. The Morgan fingerprint density at radius 3 is 2.65 bits per heavy atom. The van der Waals surface area contributed by atoms with E-state index in [1.54, 1.807) is 4.90 Å². The second kappa shape index (κ2) is 5.38. The molecule has 0 radical (unpaired) electrons. The highest BCUT2D eigenvalue weighted by Crippen LogP contribution is 2.31. The molecule has 1 atom stereocenters. The van der Waals surface area contributed by atoms with Crippen molar-refractivity contribution >= 4 is 11.7 Å². The first-order valence-electron chi connectivity index (χ1n) is 6.49. The quantitative estimate of drug-likeness (QED) is 0.337. The average Bonchev–Trinajstić information content (AvgIpc) is 2.32. The van der Waals surface area contributed by atoms with Crippen LogP contribution < -0.4 is 5.73 Å². The predicted octanol–water partition coefficient (Wildman–Crippen LogP) is 1.30. The zero-order valence-electron chi connectivity index (χ0n) is 10.1. The second-order valence-corrected chi connectivity index (χ2v) is 5.12. The van der Waals surface area contributed by atoms with Gasteiger partial charge in [0.1, 0.15) is 0 Å². The summed E-state index contributed by atoms with van der Waals surface area (Å²) in [6.07, 6.45) is 7.10. The van der Waals surface area contributed by atoms with Gasteiger partial charge in [0.2, 0.25) is 5.91 Å². The molecule has 0 spiro atoms. The topological polar surface area (TPSA) is 78.9 Å². The molecule has 3 N–H and O–H groups in total. The fourth-order valence-electron chi connectivity index (χ4n) is 2.67. The number of nitrogens with zero attached hydrogens (tertiary/aromatic N) is 2. The highest BCUT2D eigenvalue weighted by molar-refractivity contribution is 5.90. The number of carbonyl (C=O) groups excluding carboxylic acids is 1. The minimum absolute atomic E-state index is 0.172. The summed E-state index contributed by atoms with van der Waals surface area (Å²) in [5.74, 6) is 0.912. The molecule has 17 heavy (non-hydrogen) atoms. The summed E-state index contributed by atoms with van der Waals surface area (Å²) in [5.41, 5.74) is 5.66. The van der Waals surface area contributed by atoms with E-state index in [0.717, 1.165) is 25.8 Å². The van der Waals surface area contributed by atoms with Gasteiger partial charge in [0.15, 0.2) is 5.84 Å². The third-order valence-electron chi connectivity index (χ3n) is 3.97. The van der Waals surface area contributed by atoms with Crippen molar-refractivity contribution in [2.75, 3.05) is 6.54 Å². The van der Waals surface area contributed by atoms with Crippen LogP contribution >= 0.6 is 0 Å². The summed E-state index contributed by atoms with van der Waals surface area (Å²) in [7, 11) is 0. The van der Waals surface area contributed by atoms with Crippen molar-refractivity contribution in [1.29, 1.82) is 0 Å². The van der Waals surface area contributed by atoms with E-state index in [4.69, 9.17) is 10.9 Å². The SMILES string of the molecule is NC(=NO)C1CCCCN1C(=O)CC1CCC1. The van der Waals surface area contributed by atoms with Crippen LogP contribution in [0.3, 0.4) is 0 Å². The van der Waals surface area contributed by atoms with Gasteiger partial charge in [-0.3, -0.25) is 4.79 Å². The Morgan fingerprint density at radius 2 is 2.06 bits per heavy atom. The van der Waals surface area contributed by atoms with Gasteiger partial charge in [0.05, 0.1) is 6.04 Å². The minimum Gasteiger partial charge on any atom is -0.409 e. The van der Waals surface area contributed by atoms with Gasteiger partial charge in [-0.1, -0.05) is 11.6 Å². The highest BCUT2D eigenvalue weighted by Gasteiger charge is 2.31. The number of hydrogen-bond donors (Lipinski definition) is 2. The summed E-state index contributed by atoms with van der Waals surface area (Å²) in [5, 5.41) is 11.8. The van der Waals surface area contributed by atoms with Crippen molar-refractivity contribution < 1.29 is 10.0 Å². The maximum Gasteiger partial charge on any atom is 0.223 e. The van der Waals surface area contributed by atoms with Crippen molar-refractivity contribution in [3.05, 3.63) is 0 Å². The summed E-state index contributed by atoms with van der Waals surface area (Å²) in [4.78, 5) is 14.0. The predicted molar refractivity (Wildman–Crippen MR) is 64.7 cm³/mol. The van der Waals surface area contributed by atoms with Crippen molar-refractivity contribution in [2.24, 2.45) is 16.8 Å². The number of carbonyl (C=O) groups is 1. The summed E-state index contributed by atoms with van der Waals surface area (Å²) < 4.78 is 0. The molecule has 2 fully saturated rings. The largest absolute Gasteiger partial charge is 0.409 e. The Labute approximate surface area is 102 Å². The molecule has 1 unspecified atom stereocenters. The highest BCUT2D eigenvalue weighted by atomic mass is 16.4. The normalized spacial score (nSPS) is 26.7. The molecule has 2 rings (SSSR count). The standard InChI is InChI=1S/C12H21N3O2/c13-12(14-17)10-6-1-2-7-15(10)11(16)8-9-4-3-5-9/h9-10,17H,1-8H2,(H2,13,14). The maximum absolute atomic E-state index is 12.2. The third kappa shape index (κ3) is 2.70. The molecule has 1 heterocycles. The van der Waals surface area contributed by atoms with Crippen molar-refractivity contribution in [2.45, 2.75) is 51.0 Å². The zero-order valence-corrected chi connectivity index (χ0v) is 10.1. The molecule has 1 aliphatic carbocycles. The summed E-state index contributed by atoms with van der Waals surface area (Å²) >= 11 is 0. The van der Waals surface area contributed by atoms with E-state index in [2.05, 4.69) is 5.16 Å². The van der Waals surface area contributed by atoms with Crippen LogP contribution in [0.5, 0.6) is 0 Å². The Bertz CT molecular complexity index is 313. The molecule has 1 aliphatic heterocycles. The van der Waals surface area contributed by atoms with Gasteiger partial charge in [-0.25, -0.2) is 0 Å². The number of rotatable bonds is 3. The molecular weight excluding hydrogens is 218 g/mol. The lowest BCUT2D eigenvalue weighted by atomic mass is 9.82.